The van der Waals surface area contributed by atoms with Crippen molar-refractivity contribution in [3.63, 3.8) is 0 Å². The Balaban J connectivity index is 2.40. The van der Waals surface area contributed by atoms with Gasteiger partial charge in [0.25, 0.3) is 17.3 Å². The van der Waals surface area contributed by atoms with Crippen LogP contribution in [-0.2, 0) is 16.0 Å². The van der Waals surface area contributed by atoms with E-state index in [1.54, 1.807) is 0 Å². The minimum atomic E-state index is -1.11. The molecule has 1 aromatic carbocycles. The standard InChI is InChI=1S/C16H13N5O10/c1-30-16(25)19-18-10(7-13-14(23)12(22)4-5-31-13)15(24)17-9-3-2-8(20(26)27)6-11(9)21(28)29/h2-6,23H,7H2,1H3,(H,17,24)(H,19,25)/b18-10+. The quantitative estimate of drug-likeness (QED) is 0.319. The third-order valence-corrected chi connectivity index (χ3v) is 3.62. The zero-order valence-electron chi connectivity index (χ0n) is 15.6. The monoisotopic (exact) mass is 435 g/mol. The van der Waals surface area contributed by atoms with Crippen LogP contribution in [0.25, 0.3) is 0 Å². The van der Waals surface area contributed by atoms with Crippen LogP contribution in [0.5, 0.6) is 5.75 Å². The Morgan fingerprint density at radius 2 is 1.94 bits per heavy atom. The number of nitrogens with zero attached hydrogens (tertiary/aromatic N) is 3. The van der Waals surface area contributed by atoms with Crippen molar-refractivity contribution in [2.75, 3.05) is 12.4 Å². The van der Waals surface area contributed by atoms with Crippen LogP contribution >= 0.6 is 0 Å². The molecule has 162 valence electrons. The van der Waals surface area contributed by atoms with Crippen molar-refractivity contribution >= 4 is 34.8 Å². The molecule has 0 aliphatic rings. The average Bonchev–Trinajstić information content (AvgIpc) is 2.73. The van der Waals surface area contributed by atoms with E-state index in [-0.39, 0.29) is 5.76 Å². The lowest BCUT2D eigenvalue weighted by molar-refractivity contribution is -0.393. The third kappa shape index (κ3) is 5.59. The van der Waals surface area contributed by atoms with Gasteiger partial charge in [-0.3, -0.25) is 29.8 Å². The summed E-state index contributed by atoms with van der Waals surface area (Å²) in [6, 6.07) is 3.41. The summed E-state index contributed by atoms with van der Waals surface area (Å²) in [5.41, 5.74) is -1.28. The maximum Gasteiger partial charge on any atom is 0.427 e. The van der Waals surface area contributed by atoms with Gasteiger partial charge in [0.15, 0.2) is 5.76 Å². The molecule has 0 unspecified atom stereocenters. The Morgan fingerprint density at radius 1 is 1.23 bits per heavy atom. The molecule has 0 aliphatic heterocycles. The smallest absolute Gasteiger partial charge is 0.427 e. The van der Waals surface area contributed by atoms with E-state index in [0.29, 0.717) is 6.07 Å². The first-order chi connectivity index (χ1) is 14.6. The van der Waals surface area contributed by atoms with Crippen LogP contribution in [0.15, 0.2) is 44.8 Å². The van der Waals surface area contributed by atoms with E-state index in [1.807, 2.05) is 5.43 Å². The predicted octanol–water partition coefficient (Wildman–Crippen LogP) is 1.05. The SMILES string of the molecule is COC(=O)N/N=C(\Cc1occc(=O)c1O)C(=O)Nc1ccc([N+](=O)[O-])cc1[N+](=O)[O-]. The van der Waals surface area contributed by atoms with Crippen LogP contribution < -0.4 is 16.2 Å². The molecule has 0 radical (unpaired) electrons. The van der Waals surface area contributed by atoms with Gasteiger partial charge in [-0.05, 0) is 6.07 Å². The van der Waals surface area contributed by atoms with E-state index in [1.165, 1.54) is 0 Å². The number of nitro groups is 2. The highest BCUT2D eigenvalue weighted by atomic mass is 16.6. The van der Waals surface area contributed by atoms with Crippen LogP contribution in [0.3, 0.4) is 0 Å². The van der Waals surface area contributed by atoms with Crippen molar-refractivity contribution < 1.29 is 33.7 Å². The highest BCUT2D eigenvalue weighted by Crippen LogP contribution is 2.29. The van der Waals surface area contributed by atoms with Crippen molar-refractivity contribution in [3.8, 4) is 5.75 Å². The summed E-state index contributed by atoms with van der Waals surface area (Å²) in [7, 11) is 1.02. The number of methoxy groups -OCH3 is 1. The summed E-state index contributed by atoms with van der Waals surface area (Å²) in [5, 5.41) is 37.5. The molecule has 0 saturated heterocycles. The molecule has 0 fully saturated rings. The highest BCUT2D eigenvalue weighted by Gasteiger charge is 2.24. The fourth-order valence-electron chi connectivity index (χ4n) is 2.14. The molecule has 0 spiro atoms. The van der Waals surface area contributed by atoms with Crippen molar-refractivity contribution in [2.24, 2.45) is 5.10 Å². The number of non-ortho nitro benzene ring substituents is 1. The van der Waals surface area contributed by atoms with Gasteiger partial charge >= 0.3 is 6.09 Å². The Kier molecular flexibility index (Phi) is 6.95. The number of carbonyl (C=O) groups excluding carboxylic acids is 2. The number of aromatic hydroxyl groups is 1. The van der Waals surface area contributed by atoms with Crippen LogP contribution in [0.4, 0.5) is 21.9 Å². The van der Waals surface area contributed by atoms with E-state index in [9.17, 15) is 39.7 Å². The molecule has 0 saturated carbocycles. The molecule has 2 aromatic rings. The van der Waals surface area contributed by atoms with Crippen LogP contribution in [0.2, 0.25) is 0 Å². The van der Waals surface area contributed by atoms with Crippen molar-refractivity contribution in [2.45, 2.75) is 6.42 Å². The van der Waals surface area contributed by atoms with Crippen molar-refractivity contribution in [3.05, 3.63) is 66.7 Å². The minimum Gasteiger partial charge on any atom is -0.502 e. The lowest BCUT2D eigenvalue weighted by Gasteiger charge is -2.09. The second kappa shape index (κ2) is 9.59. The van der Waals surface area contributed by atoms with Gasteiger partial charge in [0.1, 0.15) is 11.4 Å². The number of rotatable bonds is 7. The molecule has 15 heteroatoms. The summed E-state index contributed by atoms with van der Waals surface area (Å²) in [4.78, 5) is 55.7. The summed E-state index contributed by atoms with van der Waals surface area (Å²) in [6.07, 6.45) is -0.731. The predicted molar refractivity (Wildman–Crippen MR) is 102 cm³/mol. The van der Waals surface area contributed by atoms with Crippen LogP contribution in [-0.4, -0.2) is 39.8 Å². The normalized spacial score (nSPS) is 10.8. The Morgan fingerprint density at radius 3 is 2.55 bits per heavy atom. The number of hydrazone groups is 1. The number of nitro benzene ring substituents is 2. The molecule has 31 heavy (non-hydrogen) atoms. The second-order valence-electron chi connectivity index (χ2n) is 5.57. The number of benzene rings is 1. The molecule has 0 bridgehead atoms. The average molecular weight is 435 g/mol. The molecule has 15 nitrogen and oxygen atoms in total. The largest absolute Gasteiger partial charge is 0.502 e. The molecule has 2 amide bonds. The lowest BCUT2D eigenvalue weighted by atomic mass is 10.1. The summed E-state index contributed by atoms with van der Waals surface area (Å²) >= 11 is 0. The highest BCUT2D eigenvalue weighted by molar-refractivity contribution is 6.43. The van der Waals surface area contributed by atoms with Gasteiger partial charge in [0, 0.05) is 12.1 Å². The number of carbonyl (C=O) groups is 2. The first kappa shape index (κ1) is 22.5. The second-order valence-corrected chi connectivity index (χ2v) is 5.57. The van der Waals surface area contributed by atoms with Gasteiger partial charge in [-0.15, -0.1) is 0 Å². The van der Waals surface area contributed by atoms with Crippen LogP contribution in [0.1, 0.15) is 5.76 Å². The summed E-state index contributed by atoms with van der Waals surface area (Å²) < 4.78 is 9.28. The molecule has 0 aliphatic carbocycles. The Labute approximate surface area is 171 Å². The fourth-order valence-corrected chi connectivity index (χ4v) is 2.14. The first-order valence-electron chi connectivity index (χ1n) is 8.08. The molecule has 3 N–H and O–H groups in total. The molecule has 2 rings (SSSR count). The van der Waals surface area contributed by atoms with Gasteiger partial charge in [-0.1, -0.05) is 0 Å². The number of hydrogen-bond donors (Lipinski definition) is 3. The van der Waals surface area contributed by atoms with Crippen molar-refractivity contribution in [1.29, 1.82) is 0 Å². The third-order valence-electron chi connectivity index (χ3n) is 3.62. The zero-order chi connectivity index (χ0) is 23.1. The number of ether oxygens (including phenoxy) is 1. The zero-order valence-corrected chi connectivity index (χ0v) is 15.6. The first-order valence-corrected chi connectivity index (χ1v) is 8.08. The van der Waals surface area contributed by atoms with Gasteiger partial charge in [-0.25, -0.2) is 10.2 Å². The van der Waals surface area contributed by atoms with E-state index in [0.717, 1.165) is 31.6 Å². The molecule has 1 aromatic heterocycles. The van der Waals surface area contributed by atoms with E-state index in [4.69, 9.17) is 4.42 Å². The van der Waals surface area contributed by atoms with Crippen LogP contribution in [0, 0.1) is 20.2 Å². The maximum absolute atomic E-state index is 12.6. The Hall–Kier alpha value is -4.82. The molecular formula is C16H13N5O10. The topological polar surface area (TPSA) is 217 Å². The van der Waals surface area contributed by atoms with Gasteiger partial charge in [0.2, 0.25) is 11.2 Å². The van der Waals surface area contributed by atoms with E-state index < -0.39 is 62.2 Å². The molecule has 0 atom stereocenters. The number of amides is 2. The van der Waals surface area contributed by atoms with E-state index >= 15 is 0 Å². The van der Waals surface area contributed by atoms with Gasteiger partial charge < -0.3 is 19.6 Å². The van der Waals surface area contributed by atoms with Gasteiger partial charge in [0.05, 0.1) is 35.7 Å². The number of hydrogen-bond acceptors (Lipinski definition) is 11. The molecule has 1 heterocycles. The number of nitrogens with one attached hydrogen (secondary N) is 2. The molecular weight excluding hydrogens is 422 g/mol. The minimum absolute atomic E-state index is 0.383. The fraction of sp³-hybridized carbons (Fsp3) is 0.125. The maximum atomic E-state index is 12.6. The summed E-state index contributed by atoms with van der Waals surface area (Å²) in [5.74, 6) is -2.31. The lowest BCUT2D eigenvalue weighted by Crippen LogP contribution is -2.29. The number of anilines is 1. The Bertz CT molecular complexity index is 1140. The van der Waals surface area contributed by atoms with E-state index in [2.05, 4.69) is 15.2 Å². The van der Waals surface area contributed by atoms with Gasteiger partial charge in [-0.2, -0.15) is 5.10 Å². The summed E-state index contributed by atoms with van der Waals surface area (Å²) in [6.45, 7) is 0. The van der Waals surface area contributed by atoms with Crippen molar-refractivity contribution in [1.82, 2.24) is 5.43 Å².